The summed E-state index contributed by atoms with van der Waals surface area (Å²) < 4.78 is 12.4. The fraction of sp³-hybridized carbons (Fsp3) is 0.167. The summed E-state index contributed by atoms with van der Waals surface area (Å²) in [6, 6.07) is 0. The van der Waals surface area contributed by atoms with Crippen LogP contribution in [0.4, 0.5) is 9.18 Å². The highest BCUT2D eigenvalue weighted by Crippen LogP contribution is 2.02. The third-order valence-corrected chi connectivity index (χ3v) is 0.878. The van der Waals surface area contributed by atoms with Gasteiger partial charge in [0.15, 0.2) is 6.30 Å². The molecule has 0 aromatic heterocycles. The zero-order valence-electron chi connectivity index (χ0n) is 5.33. The van der Waals surface area contributed by atoms with Gasteiger partial charge in [-0.1, -0.05) is 13.2 Å². The first-order valence-corrected chi connectivity index (χ1v) is 2.54. The maximum Gasteiger partial charge on any atom is 0.413 e. The number of amides is 1. The van der Waals surface area contributed by atoms with E-state index in [4.69, 9.17) is 5.11 Å². The smallest absolute Gasteiger partial charge is 0.413 e. The molecule has 0 bridgehead atoms. The molecule has 1 unspecified atom stereocenters. The minimum absolute atomic E-state index is 0.410. The van der Waals surface area contributed by atoms with Crippen LogP contribution in [0.15, 0.2) is 25.4 Å². The van der Waals surface area contributed by atoms with Crippen LogP contribution in [0.1, 0.15) is 0 Å². The molecular formula is C6H8FNO2. The zero-order valence-corrected chi connectivity index (χ0v) is 5.33. The molecular weight excluding hydrogens is 137 g/mol. The molecule has 1 atom stereocenters. The third-order valence-electron chi connectivity index (χ3n) is 0.878. The van der Waals surface area contributed by atoms with Gasteiger partial charge in [-0.25, -0.2) is 9.18 Å². The monoisotopic (exact) mass is 145 g/mol. The number of halogens is 1. The molecule has 0 aromatic carbocycles. The third kappa shape index (κ3) is 1.89. The van der Waals surface area contributed by atoms with Crippen molar-refractivity contribution in [3.05, 3.63) is 25.4 Å². The molecule has 56 valence electrons. The number of nitrogens with zero attached hydrogens (tertiary/aromatic N) is 1. The van der Waals surface area contributed by atoms with E-state index >= 15 is 0 Å². The Labute approximate surface area is 58.1 Å². The Morgan fingerprint density at radius 2 is 2.20 bits per heavy atom. The van der Waals surface area contributed by atoms with E-state index < -0.39 is 12.4 Å². The lowest BCUT2D eigenvalue weighted by Crippen LogP contribution is -2.29. The molecule has 0 aliphatic rings. The number of carboxylic acid groups (broad SMARTS) is 1. The van der Waals surface area contributed by atoms with E-state index in [0.717, 1.165) is 12.3 Å². The maximum absolute atomic E-state index is 12.4. The van der Waals surface area contributed by atoms with Gasteiger partial charge in [-0.2, -0.15) is 0 Å². The molecule has 1 amide bonds. The molecule has 4 heteroatoms. The Bertz CT molecular complexity index is 158. The van der Waals surface area contributed by atoms with Crippen molar-refractivity contribution in [3.8, 4) is 0 Å². The number of hydrogen-bond acceptors (Lipinski definition) is 1. The van der Waals surface area contributed by atoms with Gasteiger partial charge in [0.05, 0.1) is 0 Å². The lowest BCUT2D eigenvalue weighted by molar-refractivity contribution is 0.124. The molecule has 0 fully saturated rings. The summed E-state index contributed by atoms with van der Waals surface area (Å²) in [5.41, 5.74) is 0. The molecule has 0 saturated carbocycles. The van der Waals surface area contributed by atoms with Crippen LogP contribution in [0.2, 0.25) is 0 Å². The van der Waals surface area contributed by atoms with Crippen molar-refractivity contribution >= 4 is 6.09 Å². The second kappa shape index (κ2) is 3.66. The first-order valence-electron chi connectivity index (χ1n) is 2.54. The van der Waals surface area contributed by atoms with Gasteiger partial charge in [0.1, 0.15) is 0 Å². The quantitative estimate of drug-likeness (QED) is 0.484. The summed E-state index contributed by atoms with van der Waals surface area (Å²) in [6.07, 6.45) is -1.35. The summed E-state index contributed by atoms with van der Waals surface area (Å²) in [4.78, 5) is 10.5. The van der Waals surface area contributed by atoms with Crippen molar-refractivity contribution in [2.75, 3.05) is 0 Å². The predicted molar refractivity (Wildman–Crippen MR) is 35.2 cm³/mol. The molecule has 0 rings (SSSR count). The highest BCUT2D eigenvalue weighted by atomic mass is 19.1. The van der Waals surface area contributed by atoms with Gasteiger partial charge in [-0.05, 0) is 6.08 Å². The Hall–Kier alpha value is -1.32. The van der Waals surface area contributed by atoms with Gasteiger partial charge in [-0.15, -0.1) is 0 Å². The normalized spacial score (nSPS) is 11.7. The van der Waals surface area contributed by atoms with Gasteiger partial charge in [-0.3, -0.25) is 4.90 Å². The van der Waals surface area contributed by atoms with Crippen LogP contribution in [0.3, 0.4) is 0 Å². The van der Waals surface area contributed by atoms with Crippen molar-refractivity contribution in [3.63, 3.8) is 0 Å². The summed E-state index contributed by atoms with van der Waals surface area (Å²) in [5.74, 6) is 0. The number of rotatable bonds is 3. The van der Waals surface area contributed by atoms with E-state index in [1.165, 1.54) is 0 Å². The van der Waals surface area contributed by atoms with E-state index in [9.17, 15) is 9.18 Å². The molecule has 0 heterocycles. The minimum atomic E-state index is -1.71. The topological polar surface area (TPSA) is 40.5 Å². The van der Waals surface area contributed by atoms with E-state index in [1.54, 1.807) is 0 Å². The number of hydrogen-bond donors (Lipinski definition) is 1. The average Bonchev–Trinajstić information content (AvgIpc) is 1.88. The second-order valence-corrected chi connectivity index (χ2v) is 1.48. The van der Waals surface area contributed by atoms with Gasteiger partial charge in [0, 0.05) is 6.20 Å². The molecule has 0 aliphatic heterocycles. The standard InChI is InChI=1S/C6H8FNO2/c1-3-5(7)8(4-2)6(9)10/h3-5H,1-2H2,(H,9,10). The largest absolute Gasteiger partial charge is 0.465 e. The van der Waals surface area contributed by atoms with E-state index in [2.05, 4.69) is 13.2 Å². The van der Waals surface area contributed by atoms with Crippen molar-refractivity contribution in [1.82, 2.24) is 4.90 Å². The lowest BCUT2D eigenvalue weighted by atomic mass is 10.5. The fourth-order valence-electron chi connectivity index (χ4n) is 0.398. The number of carbonyl (C=O) groups is 1. The first-order chi connectivity index (χ1) is 4.63. The van der Waals surface area contributed by atoms with Crippen LogP contribution in [0.25, 0.3) is 0 Å². The highest BCUT2D eigenvalue weighted by Gasteiger charge is 2.15. The van der Waals surface area contributed by atoms with Crippen molar-refractivity contribution in [2.45, 2.75) is 6.30 Å². The molecule has 0 radical (unpaired) electrons. The summed E-state index contributed by atoms with van der Waals surface area (Å²) >= 11 is 0. The van der Waals surface area contributed by atoms with Crippen LogP contribution in [0.5, 0.6) is 0 Å². The Morgan fingerprint density at radius 3 is 2.30 bits per heavy atom. The minimum Gasteiger partial charge on any atom is -0.465 e. The molecule has 10 heavy (non-hydrogen) atoms. The molecule has 0 saturated heterocycles. The second-order valence-electron chi connectivity index (χ2n) is 1.48. The average molecular weight is 145 g/mol. The van der Waals surface area contributed by atoms with Gasteiger partial charge < -0.3 is 5.11 Å². The Balaban J connectivity index is 4.19. The van der Waals surface area contributed by atoms with Gasteiger partial charge >= 0.3 is 6.09 Å². The number of alkyl halides is 1. The van der Waals surface area contributed by atoms with Gasteiger partial charge in [0.2, 0.25) is 0 Å². The fourth-order valence-corrected chi connectivity index (χ4v) is 0.398. The van der Waals surface area contributed by atoms with Crippen LogP contribution < -0.4 is 0 Å². The maximum atomic E-state index is 12.4. The Morgan fingerprint density at radius 1 is 1.70 bits per heavy atom. The van der Waals surface area contributed by atoms with Crippen molar-refractivity contribution in [1.29, 1.82) is 0 Å². The SMILES string of the molecule is C=CC(F)N(C=C)C(=O)O. The van der Waals surface area contributed by atoms with Crippen molar-refractivity contribution < 1.29 is 14.3 Å². The van der Waals surface area contributed by atoms with Crippen LogP contribution in [0, 0.1) is 0 Å². The summed E-state index contributed by atoms with van der Waals surface area (Å²) in [6.45, 7) is 6.19. The van der Waals surface area contributed by atoms with Crippen LogP contribution in [-0.4, -0.2) is 22.4 Å². The van der Waals surface area contributed by atoms with Crippen LogP contribution in [-0.2, 0) is 0 Å². The van der Waals surface area contributed by atoms with E-state index in [0.29, 0.717) is 4.90 Å². The van der Waals surface area contributed by atoms with E-state index in [-0.39, 0.29) is 0 Å². The predicted octanol–water partition coefficient (Wildman–Crippen LogP) is 1.59. The van der Waals surface area contributed by atoms with Crippen molar-refractivity contribution in [2.24, 2.45) is 0 Å². The summed E-state index contributed by atoms with van der Waals surface area (Å²) in [7, 11) is 0. The molecule has 0 aromatic rings. The molecule has 0 spiro atoms. The Kier molecular flexibility index (Phi) is 3.17. The zero-order chi connectivity index (χ0) is 8.15. The van der Waals surface area contributed by atoms with Gasteiger partial charge in [0.25, 0.3) is 0 Å². The molecule has 1 N–H and O–H groups in total. The highest BCUT2D eigenvalue weighted by molar-refractivity contribution is 5.66. The van der Waals surface area contributed by atoms with E-state index in [1.807, 2.05) is 0 Å². The molecule has 3 nitrogen and oxygen atoms in total. The first kappa shape index (κ1) is 8.68. The lowest BCUT2D eigenvalue weighted by Gasteiger charge is -2.14. The van der Waals surface area contributed by atoms with Crippen LogP contribution >= 0.6 is 0 Å². The summed E-state index contributed by atoms with van der Waals surface area (Å²) in [5, 5.41) is 8.24. The molecule has 0 aliphatic carbocycles.